The Morgan fingerprint density at radius 1 is 1.28 bits per heavy atom. The van der Waals surface area contributed by atoms with E-state index in [9.17, 15) is 4.79 Å². The topological polar surface area (TPSA) is 49.3 Å². The van der Waals surface area contributed by atoms with Crippen LogP contribution in [0.1, 0.15) is 35.4 Å². The van der Waals surface area contributed by atoms with E-state index in [0.29, 0.717) is 18.2 Å². The van der Waals surface area contributed by atoms with Gasteiger partial charge in [-0.05, 0) is 49.1 Å². The van der Waals surface area contributed by atoms with Crippen LogP contribution in [0.25, 0.3) is 0 Å². The Hall–Kier alpha value is -1.95. The molecule has 2 aliphatic rings. The first-order chi connectivity index (χ1) is 12.2. The number of hydrogen-bond acceptors (Lipinski definition) is 5. The first-order valence-corrected chi connectivity index (χ1v) is 9.93. The van der Waals surface area contributed by atoms with Gasteiger partial charge in [0.2, 0.25) is 5.91 Å². The number of anilines is 1. The molecular weight excluding hydrogens is 332 g/mol. The molecule has 2 aromatic rings. The highest BCUT2D eigenvalue weighted by molar-refractivity contribution is 7.10. The fourth-order valence-corrected chi connectivity index (χ4v) is 4.70. The highest BCUT2D eigenvalue weighted by Gasteiger charge is 2.26. The molecule has 1 saturated heterocycles. The molecule has 4 heterocycles. The molecule has 132 valence electrons. The minimum absolute atomic E-state index is 0.325. The number of rotatable bonds is 3. The lowest BCUT2D eigenvalue weighted by atomic mass is 9.92. The molecule has 0 unspecified atom stereocenters. The Kier molecular flexibility index (Phi) is 4.70. The van der Waals surface area contributed by atoms with Crippen molar-refractivity contribution in [2.45, 2.75) is 39.2 Å². The Morgan fingerprint density at radius 3 is 2.92 bits per heavy atom. The molecule has 2 aliphatic heterocycles. The van der Waals surface area contributed by atoms with Crippen LogP contribution in [0, 0.1) is 12.8 Å². The SMILES string of the molecule is Cc1cncc(N2CCC(CC(=O)N3CCc4sccc4C3)CC2)n1. The van der Waals surface area contributed by atoms with Gasteiger partial charge in [-0.25, -0.2) is 4.98 Å². The van der Waals surface area contributed by atoms with Gasteiger partial charge in [0.05, 0.1) is 11.9 Å². The summed E-state index contributed by atoms with van der Waals surface area (Å²) in [6, 6.07) is 2.17. The number of aromatic nitrogens is 2. The molecule has 1 fully saturated rings. The molecule has 0 saturated carbocycles. The lowest BCUT2D eigenvalue weighted by Crippen LogP contribution is -2.39. The molecule has 1 amide bonds. The van der Waals surface area contributed by atoms with E-state index >= 15 is 0 Å². The third kappa shape index (κ3) is 3.68. The maximum absolute atomic E-state index is 12.7. The fraction of sp³-hybridized carbons (Fsp3) is 0.526. The van der Waals surface area contributed by atoms with E-state index in [0.717, 1.165) is 57.0 Å². The summed E-state index contributed by atoms with van der Waals surface area (Å²) in [4.78, 5) is 27.3. The molecule has 6 heteroatoms. The summed E-state index contributed by atoms with van der Waals surface area (Å²) in [5, 5.41) is 2.14. The van der Waals surface area contributed by atoms with E-state index in [1.54, 1.807) is 6.20 Å². The monoisotopic (exact) mass is 356 g/mol. The third-order valence-electron chi connectivity index (χ3n) is 5.30. The predicted octanol–water partition coefficient (Wildman–Crippen LogP) is 3.04. The number of amides is 1. The normalized spacial score (nSPS) is 18.3. The number of hydrogen-bond donors (Lipinski definition) is 0. The molecule has 4 rings (SSSR count). The Labute approximate surface area is 152 Å². The highest BCUT2D eigenvalue weighted by atomic mass is 32.1. The first-order valence-electron chi connectivity index (χ1n) is 9.05. The molecule has 25 heavy (non-hydrogen) atoms. The van der Waals surface area contributed by atoms with Gasteiger partial charge in [-0.15, -0.1) is 11.3 Å². The Balaban J connectivity index is 1.29. The number of thiophene rings is 1. The van der Waals surface area contributed by atoms with E-state index in [1.807, 2.05) is 29.4 Å². The number of carbonyl (C=O) groups is 1. The van der Waals surface area contributed by atoms with E-state index < -0.39 is 0 Å². The summed E-state index contributed by atoms with van der Waals surface area (Å²) >= 11 is 1.82. The zero-order chi connectivity index (χ0) is 17.2. The van der Waals surface area contributed by atoms with Gasteiger partial charge >= 0.3 is 0 Å². The number of nitrogens with zero attached hydrogens (tertiary/aromatic N) is 4. The number of fused-ring (bicyclic) bond motifs is 1. The lowest BCUT2D eigenvalue weighted by molar-refractivity contribution is -0.133. The molecule has 0 aromatic carbocycles. The molecular formula is C19H24N4OS. The zero-order valence-corrected chi connectivity index (χ0v) is 15.5. The molecule has 0 spiro atoms. The number of aryl methyl sites for hydroxylation is 1. The second kappa shape index (κ2) is 7.12. The average molecular weight is 356 g/mol. The number of carbonyl (C=O) groups excluding carboxylic acids is 1. The van der Waals surface area contributed by atoms with Gasteiger partial charge in [-0.1, -0.05) is 0 Å². The van der Waals surface area contributed by atoms with Gasteiger partial charge in [0.1, 0.15) is 5.82 Å². The van der Waals surface area contributed by atoms with Crippen molar-refractivity contribution in [1.82, 2.24) is 14.9 Å². The van der Waals surface area contributed by atoms with Gasteiger partial charge in [0.15, 0.2) is 0 Å². The van der Waals surface area contributed by atoms with Crippen molar-refractivity contribution in [3.63, 3.8) is 0 Å². The van der Waals surface area contributed by atoms with Crippen LogP contribution in [-0.4, -0.2) is 40.4 Å². The minimum atomic E-state index is 0.325. The van der Waals surface area contributed by atoms with Crippen molar-refractivity contribution < 1.29 is 4.79 Å². The second-order valence-electron chi connectivity index (χ2n) is 7.09. The summed E-state index contributed by atoms with van der Waals surface area (Å²) in [5.74, 6) is 1.78. The second-order valence-corrected chi connectivity index (χ2v) is 8.09. The molecule has 0 N–H and O–H groups in total. The van der Waals surface area contributed by atoms with Gasteiger partial charge < -0.3 is 9.80 Å². The summed E-state index contributed by atoms with van der Waals surface area (Å²) in [5.41, 5.74) is 2.30. The van der Waals surface area contributed by atoms with Crippen molar-refractivity contribution >= 4 is 23.1 Å². The maximum atomic E-state index is 12.7. The van der Waals surface area contributed by atoms with Crippen LogP contribution in [0.15, 0.2) is 23.8 Å². The lowest BCUT2D eigenvalue weighted by Gasteiger charge is -2.34. The van der Waals surface area contributed by atoms with Crippen molar-refractivity contribution in [3.8, 4) is 0 Å². The van der Waals surface area contributed by atoms with Crippen LogP contribution in [0.3, 0.4) is 0 Å². The van der Waals surface area contributed by atoms with Gasteiger partial charge in [0, 0.05) is 43.7 Å². The van der Waals surface area contributed by atoms with Crippen molar-refractivity contribution in [2.24, 2.45) is 5.92 Å². The van der Waals surface area contributed by atoms with Gasteiger partial charge in [0.25, 0.3) is 0 Å². The smallest absolute Gasteiger partial charge is 0.223 e. The molecule has 5 nitrogen and oxygen atoms in total. The van der Waals surface area contributed by atoms with Crippen LogP contribution in [-0.2, 0) is 17.8 Å². The van der Waals surface area contributed by atoms with Crippen LogP contribution >= 0.6 is 11.3 Å². The molecule has 0 atom stereocenters. The van der Waals surface area contributed by atoms with E-state index in [-0.39, 0.29) is 0 Å². The van der Waals surface area contributed by atoms with Crippen molar-refractivity contribution in [2.75, 3.05) is 24.5 Å². The third-order valence-corrected chi connectivity index (χ3v) is 6.33. The summed E-state index contributed by atoms with van der Waals surface area (Å²) in [6.45, 7) is 5.58. The minimum Gasteiger partial charge on any atom is -0.355 e. The largest absolute Gasteiger partial charge is 0.355 e. The Morgan fingerprint density at radius 2 is 2.12 bits per heavy atom. The summed E-state index contributed by atoms with van der Waals surface area (Å²) in [6.07, 6.45) is 7.44. The van der Waals surface area contributed by atoms with Crippen molar-refractivity contribution in [3.05, 3.63) is 40.0 Å². The molecule has 0 bridgehead atoms. The highest BCUT2D eigenvalue weighted by Crippen LogP contribution is 2.27. The van der Waals surface area contributed by atoms with Gasteiger partial charge in [-0.3, -0.25) is 9.78 Å². The van der Waals surface area contributed by atoms with Crippen LogP contribution in [0.4, 0.5) is 5.82 Å². The maximum Gasteiger partial charge on any atom is 0.223 e. The van der Waals surface area contributed by atoms with E-state index in [1.165, 1.54) is 10.4 Å². The Bertz CT molecular complexity index is 751. The molecule has 0 radical (unpaired) electrons. The van der Waals surface area contributed by atoms with E-state index in [2.05, 4.69) is 26.3 Å². The summed E-state index contributed by atoms with van der Waals surface area (Å²) in [7, 11) is 0. The van der Waals surface area contributed by atoms with E-state index in [4.69, 9.17) is 0 Å². The predicted molar refractivity (Wildman–Crippen MR) is 99.8 cm³/mol. The fourth-order valence-electron chi connectivity index (χ4n) is 3.81. The number of piperidine rings is 1. The zero-order valence-electron chi connectivity index (χ0n) is 14.6. The molecule has 2 aromatic heterocycles. The standard InChI is InChI=1S/C19H24N4OS/c1-14-11-20-12-18(21-14)22-6-2-15(3-7-22)10-19(24)23-8-4-17-16(13-23)5-9-25-17/h5,9,11-12,15H,2-4,6-8,10,13H2,1H3. The first kappa shape index (κ1) is 16.5. The quantitative estimate of drug-likeness (QED) is 0.848. The van der Waals surface area contributed by atoms with Crippen molar-refractivity contribution in [1.29, 1.82) is 0 Å². The average Bonchev–Trinajstić information content (AvgIpc) is 3.10. The van der Waals surface area contributed by atoms with Crippen LogP contribution < -0.4 is 4.90 Å². The molecule has 0 aliphatic carbocycles. The van der Waals surface area contributed by atoms with Gasteiger partial charge in [-0.2, -0.15) is 0 Å². The van der Waals surface area contributed by atoms with Crippen LogP contribution in [0.2, 0.25) is 0 Å². The summed E-state index contributed by atoms with van der Waals surface area (Å²) < 4.78 is 0. The van der Waals surface area contributed by atoms with Crippen LogP contribution in [0.5, 0.6) is 0 Å².